The van der Waals surface area contributed by atoms with Crippen molar-refractivity contribution in [1.82, 2.24) is 26.2 Å². The van der Waals surface area contributed by atoms with Crippen molar-refractivity contribution in [3.63, 3.8) is 0 Å². The Morgan fingerprint density at radius 1 is 1.15 bits per heavy atom. The van der Waals surface area contributed by atoms with Crippen molar-refractivity contribution < 1.29 is 0 Å². The van der Waals surface area contributed by atoms with E-state index in [1.807, 2.05) is 0 Å². The van der Waals surface area contributed by atoms with Crippen LogP contribution in [-0.2, 0) is 0 Å². The molecule has 7 nitrogen and oxygen atoms in total. The quantitative estimate of drug-likeness (QED) is 0.225. The molecule has 5 N–H and O–H groups in total. The van der Waals surface area contributed by atoms with Crippen LogP contribution in [0.15, 0.2) is 0 Å². The summed E-state index contributed by atoms with van der Waals surface area (Å²) < 4.78 is 0. The summed E-state index contributed by atoms with van der Waals surface area (Å²) in [5, 5.41) is 12.0. The van der Waals surface area contributed by atoms with E-state index in [4.69, 9.17) is 5.84 Å². The van der Waals surface area contributed by atoms with Gasteiger partial charge in [0.25, 0.3) is 0 Å². The van der Waals surface area contributed by atoms with Crippen molar-refractivity contribution in [1.29, 1.82) is 0 Å². The van der Waals surface area contributed by atoms with Crippen molar-refractivity contribution in [2.75, 3.05) is 35.2 Å². The number of nitrogens with two attached hydrogens (primary N) is 1. The molecule has 0 rings (SSSR count). The Hall–Kier alpha value is -0.280. The summed E-state index contributed by atoms with van der Waals surface area (Å²) in [5.74, 6) is 4.94. The molecular weight excluding hydrogens is 170 g/mol. The van der Waals surface area contributed by atoms with Gasteiger partial charge in [-0.2, -0.15) is 12.2 Å². The molecule has 0 amide bonds. The molecule has 0 unspecified atom stereocenters. The SMILES string of the molecule is C[N-]N(N(C)N)C(NC)(NC)NC. The lowest BCUT2D eigenvalue weighted by molar-refractivity contribution is -0.107. The van der Waals surface area contributed by atoms with Crippen molar-refractivity contribution in [3.05, 3.63) is 5.43 Å². The highest BCUT2D eigenvalue weighted by atomic mass is 15.9. The smallest absolute Gasteiger partial charge is 0.180 e. The van der Waals surface area contributed by atoms with Crippen LogP contribution in [-0.4, -0.2) is 51.4 Å². The summed E-state index contributed by atoms with van der Waals surface area (Å²) in [5.41, 5.74) is 4.02. The van der Waals surface area contributed by atoms with Crippen LogP contribution in [0.25, 0.3) is 5.43 Å². The van der Waals surface area contributed by atoms with Gasteiger partial charge in [-0.1, -0.05) is 0 Å². The number of nitrogens with zero attached hydrogens (tertiary/aromatic N) is 3. The molecule has 7 heteroatoms. The molecule has 0 aromatic rings. The number of rotatable bonds is 6. The zero-order valence-corrected chi connectivity index (χ0v) is 8.92. The van der Waals surface area contributed by atoms with Gasteiger partial charge in [-0.25, -0.2) is 0 Å². The molecule has 80 valence electrons. The molecule has 0 aliphatic carbocycles. The Balaban J connectivity index is 4.65. The van der Waals surface area contributed by atoms with Crippen LogP contribution < -0.4 is 21.8 Å². The number of hydrogen-bond acceptors (Lipinski definition) is 6. The van der Waals surface area contributed by atoms with E-state index < -0.39 is 5.91 Å². The Bertz CT molecular complexity index is 125. The molecule has 0 heterocycles. The molecule has 0 aromatic heterocycles. The summed E-state index contributed by atoms with van der Waals surface area (Å²) in [6.07, 6.45) is 0. The normalized spacial score (nSPS) is 12.9. The predicted molar refractivity (Wildman–Crippen MR) is 53.0 cm³/mol. The number of nitrogens with one attached hydrogen (secondary N) is 3. The second kappa shape index (κ2) is 5.45. The summed E-state index contributed by atoms with van der Waals surface area (Å²) in [7, 11) is 8.76. The minimum absolute atomic E-state index is 0.668. The van der Waals surface area contributed by atoms with E-state index in [0.29, 0.717) is 0 Å². The molecule has 0 atom stereocenters. The van der Waals surface area contributed by atoms with E-state index >= 15 is 0 Å². The van der Waals surface area contributed by atoms with Crippen LogP contribution in [0.4, 0.5) is 0 Å². The molecule has 0 fully saturated rings. The predicted octanol–water partition coefficient (Wildman–Crippen LogP) is -1.80. The van der Waals surface area contributed by atoms with Crippen LogP contribution in [0.1, 0.15) is 0 Å². The highest BCUT2D eigenvalue weighted by Gasteiger charge is 2.27. The van der Waals surface area contributed by atoms with Gasteiger partial charge >= 0.3 is 0 Å². The fourth-order valence-corrected chi connectivity index (χ4v) is 1.20. The second-order valence-electron chi connectivity index (χ2n) is 2.52. The Morgan fingerprint density at radius 2 is 1.54 bits per heavy atom. The van der Waals surface area contributed by atoms with E-state index in [1.54, 1.807) is 40.4 Å². The van der Waals surface area contributed by atoms with E-state index in [-0.39, 0.29) is 0 Å². The molecule has 0 radical (unpaired) electrons. The first-order valence-electron chi connectivity index (χ1n) is 4.03. The van der Waals surface area contributed by atoms with Crippen LogP contribution in [0.2, 0.25) is 0 Å². The van der Waals surface area contributed by atoms with Gasteiger partial charge in [0.1, 0.15) is 0 Å². The van der Waals surface area contributed by atoms with Crippen LogP contribution in [0, 0.1) is 0 Å². The highest BCUT2D eigenvalue weighted by molar-refractivity contribution is 4.82. The lowest BCUT2D eigenvalue weighted by atomic mass is 10.6. The molecule has 0 spiro atoms. The molecule has 0 bridgehead atoms. The van der Waals surface area contributed by atoms with Crippen LogP contribution in [0.3, 0.4) is 0 Å². The molecule has 0 aromatic carbocycles. The topological polar surface area (TPSA) is 82.7 Å². The van der Waals surface area contributed by atoms with Gasteiger partial charge in [0.15, 0.2) is 5.91 Å². The molecule has 0 aliphatic heterocycles. The average Bonchev–Trinajstić information content (AvgIpc) is 2.13. The van der Waals surface area contributed by atoms with Gasteiger partial charge in [0.05, 0.1) is 0 Å². The number of hydrogen-bond donors (Lipinski definition) is 4. The monoisotopic (exact) mass is 190 g/mol. The zero-order chi connectivity index (χ0) is 10.5. The van der Waals surface area contributed by atoms with E-state index in [9.17, 15) is 0 Å². The van der Waals surface area contributed by atoms with E-state index in [2.05, 4.69) is 21.4 Å². The third kappa shape index (κ3) is 2.58. The van der Waals surface area contributed by atoms with Crippen molar-refractivity contribution >= 4 is 0 Å². The van der Waals surface area contributed by atoms with E-state index in [1.165, 1.54) is 5.12 Å². The number of hydrazine groups is 2. The molecule has 0 saturated heterocycles. The standard InChI is InChI=1S/C6H20N7/c1-8-6(9-2,10-3)13(11-4)12(5)7/h8-10H,7H2,1-5H3/q-1. The van der Waals surface area contributed by atoms with Crippen molar-refractivity contribution in [2.45, 2.75) is 5.91 Å². The maximum absolute atomic E-state index is 5.61. The second-order valence-corrected chi connectivity index (χ2v) is 2.52. The molecular formula is C6H20N7-. The van der Waals surface area contributed by atoms with Crippen LogP contribution in [0.5, 0.6) is 0 Å². The fourth-order valence-electron chi connectivity index (χ4n) is 1.20. The maximum atomic E-state index is 5.61. The van der Waals surface area contributed by atoms with E-state index in [0.717, 1.165) is 0 Å². The van der Waals surface area contributed by atoms with Gasteiger partial charge in [0, 0.05) is 7.05 Å². The van der Waals surface area contributed by atoms with Gasteiger partial charge in [-0.15, -0.1) is 0 Å². The minimum Gasteiger partial charge on any atom is -0.577 e. The third-order valence-electron chi connectivity index (χ3n) is 1.87. The lowest BCUT2D eigenvalue weighted by Gasteiger charge is -2.53. The third-order valence-corrected chi connectivity index (χ3v) is 1.87. The summed E-state index contributed by atoms with van der Waals surface area (Å²) in [6, 6.07) is 0. The summed E-state index contributed by atoms with van der Waals surface area (Å²) >= 11 is 0. The first-order chi connectivity index (χ1) is 6.07. The minimum atomic E-state index is -0.668. The average molecular weight is 190 g/mol. The van der Waals surface area contributed by atoms with Crippen molar-refractivity contribution in [2.24, 2.45) is 5.84 Å². The summed E-state index contributed by atoms with van der Waals surface area (Å²) in [6.45, 7) is 0. The molecule has 0 aliphatic rings. The fraction of sp³-hybridized carbons (Fsp3) is 1.00. The Kier molecular flexibility index (Phi) is 5.33. The Morgan fingerprint density at radius 3 is 1.62 bits per heavy atom. The van der Waals surface area contributed by atoms with Gasteiger partial charge in [0.2, 0.25) is 0 Å². The largest absolute Gasteiger partial charge is 0.577 e. The first-order valence-corrected chi connectivity index (χ1v) is 4.03. The van der Waals surface area contributed by atoms with Gasteiger partial charge in [-0.3, -0.25) is 26.9 Å². The molecule has 13 heavy (non-hydrogen) atoms. The summed E-state index contributed by atoms with van der Waals surface area (Å²) in [4.78, 5) is 0. The zero-order valence-electron chi connectivity index (χ0n) is 8.92. The Labute approximate surface area is 79.5 Å². The van der Waals surface area contributed by atoms with Crippen LogP contribution >= 0.6 is 0 Å². The van der Waals surface area contributed by atoms with Gasteiger partial charge < -0.3 is 5.43 Å². The maximum Gasteiger partial charge on any atom is 0.180 e. The lowest BCUT2D eigenvalue weighted by Crippen LogP contribution is -2.75. The first kappa shape index (κ1) is 12.7. The highest BCUT2D eigenvalue weighted by Crippen LogP contribution is 2.07. The van der Waals surface area contributed by atoms with Gasteiger partial charge in [-0.05, 0) is 21.1 Å². The molecule has 0 saturated carbocycles. The van der Waals surface area contributed by atoms with Crippen molar-refractivity contribution in [3.8, 4) is 0 Å².